The lowest BCUT2D eigenvalue weighted by Gasteiger charge is -2.23. The lowest BCUT2D eigenvalue weighted by atomic mass is 10.1. The number of aromatic nitrogens is 1. The van der Waals surface area contributed by atoms with Crippen molar-refractivity contribution >= 4 is 5.91 Å². The van der Waals surface area contributed by atoms with E-state index in [1.165, 1.54) is 0 Å². The highest BCUT2D eigenvalue weighted by atomic mass is 16.5. The molecule has 0 spiro atoms. The lowest BCUT2D eigenvalue weighted by molar-refractivity contribution is 0.0699. The van der Waals surface area contributed by atoms with Crippen molar-refractivity contribution in [1.82, 2.24) is 10.1 Å². The van der Waals surface area contributed by atoms with Gasteiger partial charge in [-0.1, -0.05) is 32.9 Å². The first-order chi connectivity index (χ1) is 8.90. The zero-order valence-corrected chi connectivity index (χ0v) is 12.8. The average molecular weight is 266 g/mol. The molecule has 0 atom stereocenters. The smallest absolute Gasteiger partial charge is 0.292 e. The Labute approximate surface area is 116 Å². The van der Waals surface area contributed by atoms with Crippen molar-refractivity contribution in [3.8, 4) is 0 Å². The third kappa shape index (κ3) is 5.45. The maximum Gasteiger partial charge on any atom is 0.292 e. The van der Waals surface area contributed by atoms with E-state index < -0.39 is 0 Å². The highest BCUT2D eigenvalue weighted by molar-refractivity contribution is 5.91. The fourth-order valence-electron chi connectivity index (χ4n) is 1.76. The molecule has 108 valence electrons. The monoisotopic (exact) mass is 266 g/mol. The van der Waals surface area contributed by atoms with Gasteiger partial charge in [0.25, 0.3) is 5.91 Å². The Balaban J connectivity index is 2.68. The van der Waals surface area contributed by atoms with Crippen molar-refractivity contribution in [2.45, 2.75) is 47.5 Å². The maximum absolute atomic E-state index is 12.4. The summed E-state index contributed by atoms with van der Waals surface area (Å²) in [5.74, 6) is 1.49. The fraction of sp³-hybridized carbons (Fsp3) is 0.733. The van der Waals surface area contributed by atoms with Crippen molar-refractivity contribution in [3.05, 3.63) is 17.5 Å². The van der Waals surface area contributed by atoms with Crippen molar-refractivity contribution in [2.24, 2.45) is 11.8 Å². The molecule has 0 saturated carbocycles. The van der Waals surface area contributed by atoms with Gasteiger partial charge in [-0.3, -0.25) is 4.79 Å². The quantitative estimate of drug-likeness (QED) is 0.758. The van der Waals surface area contributed by atoms with Crippen molar-refractivity contribution in [1.29, 1.82) is 0 Å². The third-order valence-electron chi connectivity index (χ3n) is 3.08. The van der Waals surface area contributed by atoms with Gasteiger partial charge in [0.1, 0.15) is 0 Å². The van der Waals surface area contributed by atoms with Crippen LogP contribution in [0.15, 0.2) is 10.6 Å². The minimum atomic E-state index is -0.0399. The van der Waals surface area contributed by atoms with E-state index in [0.29, 0.717) is 17.6 Å². The molecule has 0 unspecified atom stereocenters. The van der Waals surface area contributed by atoms with Crippen LogP contribution in [0.4, 0.5) is 0 Å². The van der Waals surface area contributed by atoms with Crippen LogP contribution in [0.3, 0.4) is 0 Å². The first-order valence-electron chi connectivity index (χ1n) is 7.12. The van der Waals surface area contributed by atoms with Crippen molar-refractivity contribution in [3.63, 3.8) is 0 Å². The summed E-state index contributed by atoms with van der Waals surface area (Å²) in [5.41, 5.74) is 0.746. The summed E-state index contributed by atoms with van der Waals surface area (Å²) < 4.78 is 5.08. The van der Waals surface area contributed by atoms with E-state index in [1.54, 1.807) is 6.07 Å². The normalized spacial score (nSPS) is 11.3. The SMILES string of the molecule is Cc1cc(C(=O)N(CCC(C)C)CCC(C)C)on1. The molecule has 0 fully saturated rings. The largest absolute Gasteiger partial charge is 0.351 e. The van der Waals surface area contributed by atoms with Crippen LogP contribution in [0, 0.1) is 18.8 Å². The number of hydrogen-bond donors (Lipinski definition) is 0. The van der Waals surface area contributed by atoms with Gasteiger partial charge < -0.3 is 9.42 Å². The zero-order valence-electron chi connectivity index (χ0n) is 12.8. The second-order valence-electron chi connectivity index (χ2n) is 5.99. The first-order valence-corrected chi connectivity index (χ1v) is 7.12. The number of carbonyl (C=O) groups excluding carboxylic acids is 1. The molecule has 1 heterocycles. The van der Waals surface area contributed by atoms with Gasteiger partial charge in [-0.2, -0.15) is 0 Å². The van der Waals surface area contributed by atoms with E-state index in [-0.39, 0.29) is 5.91 Å². The summed E-state index contributed by atoms with van der Waals surface area (Å²) in [6.45, 7) is 12.1. The van der Waals surface area contributed by atoms with Crippen LogP contribution < -0.4 is 0 Å². The molecule has 1 aromatic rings. The molecule has 0 saturated heterocycles. The molecule has 1 amide bonds. The van der Waals surface area contributed by atoms with Crippen LogP contribution >= 0.6 is 0 Å². The summed E-state index contributed by atoms with van der Waals surface area (Å²) in [5, 5.41) is 3.79. The third-order valence-corrected chi connectivity index (χ3v) is 3.08. The second-order valence-corrected chi connectivity index (χ2v) is 5.99. The molecule has 4 heteroatoms. The summed E-state index contributed by atoms with van der Waals surface area (Å²) in [6, 6.07) is 1.71. The van der Waals surface area contributed by atoms with Crippen LogP contribution in [0.1, 0.15) is 56.8 Å². The minimum absolute atomic E-state index is 0.0399. The zero-order chi connectivity index (χ0) is 14.4. The molecule has 1 rings (SSSR count). The van der Waals surface area contributed by atoms with Crippen molar-refractivity contribution in [2.75, 3.05) is 13.1 Å². The van der Waals surface area contributed by atoms with Crippen LogP contribution in [0.2, 0.25) is 0 Å². The minimum Gasteiger partial charge on any atom is -0.351 e. The number of carbonyl (C=O) groups is 1. The second kappa shape index (κ2) is 7.31. The summed E-state index contributed by atoms with van der Waals surface area (Å²) in [7, 11) is 0. The van der Waals surface area contributed by atoms with Crippen LogP contribution in [0.25, 0.3) is 0 Å². The molecule has 19 heavy (non-hydrogen) atoms. The van der Waals surface area contributed by atoms with E-state index in [4.69, 9.17) is 4.52 Å². The van der Waals surface area contributed by atoms with Gasteiger partial charge in [0.05, 0.1) is 5.69 Å². The van der Waals surface area contributed by atoms with Crippen molar-refractivity contribution < 1.29 is 9.32 Å². The Kier molecular flexibility index (Phi) is 6.06. The molecule has 0 bridgehead atoms. The standard InChI is InChI=1S/C15H26N2O2/c1-11(2)6-8-17(9-7-12(3)4)15(18)14-10-13(5)16-19-14/h10-12H,6-9H2,1-5H3. The van der Waals surface area contributed by atoms with E-state index >= 15 is 0 Å². The highest BCUT2D eigenvalue weighted by Crippen LogP contribution is 2.12. The Hall–Kier alpha value is -1.32. The Morgan fingerprint density at radius 2 is 1.74 bits per heavy atom. The lowest BCUT2D eigenvalue weighted by Crippen LogP contribution is -2.34. The number of hydrogen-bond acceptors (Lipinski definition) is 3. The Morgan fingerprint density at radius 1 is 1.21 bits per heavy atom. The van der Waals surface area contributed by atoms with E-state index in [9.17, 15) is 4.79 Å². The number of amides is 1. The van der Waals surface area contributed by atoms with Gasteiger partial charge in [0.2, 0.25) is 5.76 Å². The molecule has 0 aliphatic carbocycles. The maximum atomic E-state index is 12.4. The summed E-state index contributed by atoms with van der Waals surface area (Å²) >= 11 is 0. The molecule has 1 aromatic heterocycles. The van der Waals surface area contributed by atoms with Crippen LogP contribution in [0.5, 0.6) is 0 Å². The van der Waals surface area contributed by atoms with Gasteiger partial charge in [0, 0.05) is 19.2 Å². The fourth-order valence-corrected chi connectivity index (χ4v) is 1.76. The van der Waals surface area contributed by atoms with Gasteiger partial charge in [-0.05, 0) is 31.6 Å². The van der Waals surface area contributed by atoms with E-state index in [1.807, 2.05) is 11.8 Å². The van der Waals surface area contributed by atoms with Crippen LogP contribution in [-0.4, -0.2) is 29.1 Å². The molecule has 0 radical (unpaired) electrons. The molecular weight excluding hydrogens is 240 g/mol. The molecular formula is C15H26N2O2. The predicted octanol–water partition coefficient (Wildman–Crippen LogP) is 3.52. The van der Waals surface area contributed by atoms with Gasteiger partial charge in [-0.25, -0.2) is 0 Å². The van der Waals surface area contributed by atoms with Gasteiger partial charge in [0.15, 0.2) is 0 Å². The molecule has 4 nitrogen and oxygen atoms in total. The van der Waals surface area contributed by atoms with E-state index in [0.717, 1.165) is 31.6 Å². The van der Waals surface area contributed by atoms with Gasteiger partial charge >= 0.3 is 0 Å². The number of nitrogens with zero attached hydrogens (tertiary/aromatic N) is 2. The number of rotatable bonds is 7. The Bertz CT molecular complexity index is 385. The predicted molar refractivity (Wildman–Crippen MR) is 76.1 cm³/mol. The van der Waals surface area contributed by atoms with Crippen LogP contribution in [-0.2, 0) is 0 Å². The highest BCUT2D eigenvalue weighted by Gasteiger charge is 2.20. The average Bonchev–Trinajstić information content (AvgIpc) is 2.74. The number of aryl methyl sites for hydroxylation is 1. The van der Waals surface area contributed by atoms with Gasteiger partial charge in [-0.15, -0.1) is 0 Å². The molecule has 0 aromatic carbocycles. The molecule has 0 N–H and O–H groups in total. The Morgan fingerprint density at radius 3 is 2.11 bits per heavy atom. The topological polar surface area (TPSA) is 46.3 Å². The molecule has 0 aliphatic rings. The van der Waals surface area contributed by atoms with E-state index in [2.05, 4.69) is 32.9 Å². The summed E-state index contributed by atoms with van der Waals surface area (Å²) in [4.78, 5) is 14.3. The summed E-state index contributed by atoms with van der Waals surface area (Å²) in [6.07, 6.45) is 2.02. The first kappa shape index (κ1) is 15.7. The molecule has 0 aliphatic heterocycles.